The highest BCUT2D eigenvalue weighted by Crippen LogP contribution is 2.36. The second-order valence-electron chi connectivity index (χ2n) is 7.57. The van der Waals surface area contributed by atoms with E-state index in [0.29, 0.717) is 41.8 Å². The second-order valence-corrected chi connectivity index (χ2v) is 8.88. The molecule has 37 heavy (non-hydrogen) atoms. The molecular formula is C25H26N6O5S. The first kappa shape index (κ1) is 25.8. The Morgan fingerprint density at radius 3 is 2.38 bits per heavy atom. The number of amides is 1. The molecule has 4 rings (SSSR count). The molecule has 1 aromatic carbocycles. The summed E-state index contributed by atoms with van der Waals surface area (Å²) in [5, 5.41) is 8.39. The molecule has 3 heterocycles. The Balaban J connectivity index is 1.74. The molecule has 1 atom stereocenters. The van der Waals surface area contributed by atoms with Gasteiger partial charge in [-0.25, -0.2) is 9.19 Å². The van der Waals surface area contributed by atoms with Gasteiger partial charge in [0, 0.05) is 24.2 Å². The number of hydrogen-bond acceptors (Lipinski definition) is 9. The van der Waals surface area contributed by atoms with Crippen LogP contribution in [0.2, 0.25) is 0 Å². The first-order valence-electron chi connectivity index (χ1n) is 11.4. The smallest absolute Gasteiger partial charge is 0.301 e. The number of benzene rings is 1. The third-order valence-corrected chi connectivity index (χ3v) is 6.26. The van der Waals surface area contributed by atoms with Crippen molar-refractivity contribution < 1.29 is 23.2 Å². The van der Waals surface area contributed by atoms with Gasteiger partial charge in [0.05, 0.1) is 20.8 Å². The summed E-state index contributed by atoms with van der Waals surface area (Å²) in [7, 11) is 1.34. The highest BCUT2D eigenvalue weighted by atomic mass is 32.2. The zero-order valence-corrected chi connectivity index (χ0v) is 21.4. The molecule has 4 aromatic rings. The van der Waals surface area contributed by atoms with Crippen molar-refractivity contribution in [3.8, 4) is 34.6 Å². The fourth-order valence-electron chi connectivity index (χ4n) is 3.59. The summed E-state index contributed by atoms with van der Waals surface area (Å²) in [6.45, 7) is 2.29. The lowest BCUT2D eigenvalue weighted by atomic mass is 10.2. The lowest BCUT2D eigenvalue weighted by Gasteiger charge is -2.17. The van der Waals surface area contributed by atoms with E-state index in [2.05, 4.69) is 24.9 Å². The Morgan fingerprint density at radius 2 is 1.70 bits per heavy atom. The van der Waals surface area contributed by atoms with Crippen molar-refractivity contribution in [1.29, 1.82) is 0 Å². The van der Waals surface area contributed by atoms with E-state index in [4.69, 9.17) is 14.2 Å². The number of carbonyl (C=O) groups excluding carboxylic acids is 1. The number of carbonyl (C=O) groups is 1. The molecule has 11 nitrogen and oxygen atoms in total. The summed E-state index contributed by atoms with van der Waals surface area (Å²) < 4.78 is 33.4. The predicted octanol–water partition coefficient (Wildman–Crippen LogP) is 2.78. The van der Waals surface area contributed by atoms with Crippen molar-refractivity contribution >= 4 is 16.9 Å². The van der Waals surface area contributed by atoms with Crippen molar-refractivity contribution in [3.05, 3.63) is 72.3 Å². The van der Waals surface area contributed by atoms with Crippen molar-refractivity contribution in [2.75, 3.05) is 26.6 Å². The average molecular weight is 523 g/mol. The van der Waals surface area contributed by atoms with E-state index in [1.165, 1.54) is 18.8 Å². The lowest BCUT2D eigenvalue weighted by molar-refractivity contribution is 0.0971. The van der Waals surface area contributed by atoms with Gasteiger partial charge in [0.1, 0.15) is 33.9 Å². The van der Waals surface area contributed by atoms with Crippen molar-refractivity contribution in [2.45, 2.75) is 13.3 Å². The van der Waals surface area contributed by atoms with Crippen LogP contribution in [0.5, 0.6) is 17.4 Å². The number of aryl methyl sites for hydroxylation is 1. The van der Waals surface area contributed by atoms with Crippen LogP contribution >= 0.6 is 0 Å². The fourth-order valence-corrected chi connectivity index (χ4v) is 4.41. The van der Waals surface area contributed by atoms with Crippen LogP contribution in [0.3, 0.4) is 0 Å². The predicted molar refractivity (Wildman–Crippen MR) is 137 cm³/mol. The van der Waals surface area contributed by atoms with E-state index in [-0.39, 0.29) is 17.4 Å². The molecule has 0 spiro atoms. The van der Waals surface area contributed by atoms with Crippen molar-refractivity contribution in [2.24, 2.45) is 0 Å². The summed E-state index contributed by atoms with van der Waals surface area (Å²) in [5.74, 6) is 0.886. The molecule has 3 aromatic heterocycles. The van der Waals surface area contributed by atoms with Crippen LogP contribution in [0.25, 0.3) is 17.2 Å². The van der Waals surface area contributed by atoms with E-state index >= 15 is 0 Å². The van der Waals surface area contributed by atoms with Gasteiger partial charge in [-0.05, 0) is 49.2 Å². The fraction of sp³-hybridized carbons (Fsp3) is 0.240. The molecule has 0 aliphatic heterocycles. The molecule has 192 valence electrons. The van der Waals surface area contributed by atoms with Gasteiger partial charge >= 0.3 is 5.91 Å². The van der Waals surface area contributed by atoms with Crippen LogP contribution in [0.1, 0.15) is 23.1 Å². The highest BCUT2D eigenvalue weighted by Gasteiger charge is 2.27. The molecule has 1 amide bonds. The van der Waals surface area contributed by atoms with Crippen LogP contribution in [0.15, 0.2) is 60.9 Å². The quantitative estimate of drug-likeness (QED) is 0.316. The Kier molecular flexibility index (Phi) is 8.41. The maximum Gasteiger partial charge on any atom is 0.301 e. The molecule has 0 aliphatic rings. The Labute approximate surface area is 216 Å². The van der Waals surface area contributed by atoms with Gasteiger partial charge < -0.3 is 14.2 Å². The van der Waals surface area contributed by atoms with Crippen LogP contribution in [-0.2, 0) is 17.4 Å². The minimum atomic E-state index is -1.67. The van der Waals surface area contributed by atoms with E-state index in [9.17, 15) is 9.00 Å². The number of para-hydroxylation sites is 1. The largest absolute Gasteiger partial charge is 0.494 e. The van der Waals surface area contributed by atoms with Gasteiger partial charge in [-0.3, -0.25) is 19.1 Å². The first-order chi connectivity index (χ1) is 18.0. The minimum Gasteiger partial charge on any atom is -0.494 e. The normalized spacial score (nSPS) is 11.5. The van der Waals surface area contributed by atoms with E-state index < -0.39 is 16.9 Å². The zero-order chi connectivity index (χ0) is 26.2. The molecule has 0 aliphatic carbocycles. The van der Waals surface area contributed by atoms with E-state index in [1.807, 2.05) is 19.1 Å². The van der Waals surface area contributed by atoms with Crippen LogP contribution < -0.4 is 18.9 Å². The number of ether oxygens (including phenoxy) is 3. The number of rotatable bonds is 11. The molecule has 1 unspecified atom stereocenters. The number of aromatic nitrogens is 5. The van der Waals surface area contributed by atoms with Crippen LogP contribution in [-0.4, -0.2) is 61.4 Å². The van der Waals surface area contributed by atoms with Gasteiger partial charge in [0.15, 0.2) is 5.82 Å². The second kappa shape index (κ2) is 12.1. The number of methoxy groups -OCH3 is 2. The molecule has 0 saturated carbocycles. The van der Waals surface area contributed by atoms with Crippen molar-refractivity contribution in [3.63, 3.8) is 0 Å². The molecule has 0 bridgehead atoms. The Morgan fingerprint density at radius 1 is 1.00 bits per heavy atom. The maximum absolute atomic E-state index is 13.3. The van der Waals surface area contributed by atoms with Crippen LogP contribution in [0.4, 0.5) is 0 Å². The summed E-state index contributed by atoms with van der Waals surface area (Å²) in [4.78, 5) is 21.8. The Hall–Kier alpha value is -4.32. The SMILES string of the molecule is CCOc1cccc(-c2nnc(C(=O)NS(=O)CCc3ccncc3)n2-c2c(OC)cccc2OC)n1. The zero-order valence-electron chi connectivity index (χ0n) is 20.6. The van der Waals surface area contributed by atoms with Gasteiger partial charge in [-0.2, -0.15) is 0 Å². The number of pyridine rings is 2. The third-order valence-electron chi connectivity index (χ3n) is 5.27. The molecule has 0 saturated heterocycles. The Bertz CT molecular complexity index is 1370. The molecule has 12 heteroatoms. The summed E-state index contributed by atoms with van der Waals surface area (Å²) >= 11 is 0. The molecule has 0 fully saturated rings. The summed E-state index contributed by atoms with van der Waals surface area (Å²) in [6, 6.07) is 14.1. The summed E-state index contributed by atoms with van der Waals surface area (Å²) in [5.41, 5.74) is 1.76. The lowest BCUT2D eigenvalue weighted by Crippen LogP contribution is -2.30. The molecule has 0 radical (unpaired) electrons. The maximum atomic E-state index is 13.3. The topological polar surface area (TPSA) is 130 Å². The van der Waals surface area contributed by atoms with Gasteiger partial charge in [0.25, 0.3) is 0 Å². The third kappa shape index (κ3) is 5.92. The van der Waals surface area contributed by atoms with Crippen molar-refractivity contribution in [1.82, 2.24) is 29.5 Å². The minimum absolute atomic E-state index is 0.112. The standard InChI is InChI=1S/C25H26N6O5S/c1-4-36-21-10-5-7-18(27-21)23-28-29-24(31(23)22-19(34-2)8-6-9-20(22)35-3)25(32)30-37(33)16-13-17-11-14-26-15-12-17/h5-12,14-15H,4,13,16H2,1-3H3,(H,30,32). The van der Waals surface area contributed by atoms with Crippen LogP contribution in [0, 0.1) is 0 Å². The number of hydrogen-bond donors (Lipinski definition) is 1. The number of nitrogens with one attached hydrogen (secondary N) is 1. The highest BCUT2D eigenvalue weighted by molar-refractivity contribution is 7.83. The monoisotopic (exact) mass is 522 g/mol. The van der Waals surface area contributed by atoms with Gasteiger partial charge in [0.2, 0.25) is 11.7 Å². The molecule has 1 N–H and O–H groups in total. The van der Waals surface area contributed by atoms with Gasteiger partial charge in [-0.15, -0.1) is 10.2 Å². The van der Waals surface area contributed by atoms with E-state index in [0.717, 1.165) is 5.56 Å². The van der Waals surface area contributed by atoms with E-state index in [1.54, 1.807) is 48.8 Å². The molecular weight excluding hydrogens is 496 g/mol. The number of nitrogens with zero attached hydrogens (tertiary/aromatic N) is 5. The average Bonchev–Trinajstić information content (AvgIpc) is 3.37. The van der Waals surface area contributed by atoms with Gasteiger partial charge in [-0.1, -0.05) is 12.1 Å². The first-order valence-corrected chi connectivity index (χ1v) is 12.7. The summed E-state index contributed by atoms with van der Waals surface area (Å²) in [6.07, 6.45) is 3.83.